The van der Waals surface area contributed by atoms with Crippen LogP contribution in [0.3, 0.4) is 0 Å². The molecule has 0 bridgehead atoms. The lowest BCUT2D eigenvalue weighted by atomic mass is 9.82. The maximum absolute atomic E-state index is 14.8. The van der Waals surface area contributed by atoms with Crippen LogP contribution in [-0.4, -0.2) is 58.5 Å². The summed E-state index contributed by atoms with van der Waals surface area (Å²) >= 11 is 0. The Morgan fingerprint density at radius 1 is 1.21 bits per heavy atom. The number of pyridine rings is 1. The summed E-state index contributed by atoms with van der Waals surface area (Å²) in [4.78, 5) is 19.4. The van der Waals surface area contributed by atoms with Gasteiger partial charge in [-0.1, -0.05) is 0 Å². The summed E-state index contributed by atoms with van der Waals surface area (Å²) in [6, 6.07) is 4.95. The van der Waals surface area contributed by atoms with Crippen LogP contribution >= 0.6 is 0 Å². The van der Waals surface area contributed by atoms with Crippen LogP contribution in [0.2, 0.25) is 0 Å². The van der Waals surface area contributed by atoms with Gasteiger partial charge in [-0.15, -0.1) is 0 Å². The number of fused-ring (bicyclic) bond motifs is 1. The van der Waals surface area contributed by atoms with Gasteiger partial charge in [0.1, 0.15) is 22.9 Å². The van der Waals surface area contributed by atoms with E-state index in [9.17, 15) is 18.7 Å². The Bertz CT molecular complexity index is 1120. The van der Waals surface area contributed by atoms with Crippen LogP contribution in [0.25, 0.3) is 11.1 Å². The Morgan fingerprint density at radius 3 is 2.56 bits per heavy atom. The lowest BCUT2D eigenvalue weighted by Gasteiger charge is -2.46. The SMILES string of the molecule is CCOC(=O)c1cc(-c2ccc(F)cc2F)c2c(n1)C(C)(C)N(CC1(O)COC(C)(C)C1)CC2. The highest BCUT2D eigenvalue weighted by Gasteiger charge is 2.47. The molecule has 6 nitrogen and oxygen atoms in total. The molecule has 0 amide bonds. The minimum Gasteiger partial charge on any atom is -0.461 e. The average molecular weight is 475 g/mol. The number of rotatable bonds is 5. The Labute approximate surface area is 198 Å². The molecule has 0 aliphatic carbocycles. The largest absolute Gasteiger partial charge is 0.461 e. The number of aliphatic hydroxyl groups is 1. The highest BCUT2D eigenvalue weighted by atomic mass is 19.1. The summed E-state index contributed by atoms with van der Waals surface area (Å²) in [5, 5.41) is 11.2. The standard InChI is InChI=1S/C26H32F2N2O4/c1-6-33-23(31)21-12-19(17-8-7-16(27)11-20(17)28)18-9-10-30(25(4,5)22(18)29-21)14-26(32)13-24(2,3)34-15-26/h7-8,11-12,32H,6,9-10,13-15H2,1-5H3. The van der Waals surface area contributed by atoms with Crippen molar-refractivity contribution >= 4 is 5.97 Å². The minimum absolute atomic E-state index is 0.0679. The zero-order chi connectivity index (χ0) is 24.9. The van der Waals surface area contributed by atoms with Gasteiger partial charge in [0.2, 0.25) is 0 Å². The normalized spacial score (nSPS) is 23.5. The Hall–Kier alpha value is -2.42. The molecule has 1 aromatic heterocycles. The third-order valence-electron chi connectivity index (χ3n) is 6.80. The van der Waals surface area contributed by atoms with Crippen LogP contribution < -0.4 is 0 Å². The van der Waals surface area contributed by atoms with E-state index < -0.39 is 34.3 Å². The van der Waals surface area contributed by atoms with Gasteiger partial charge in [-0.25, -0.2) is 18.6 Å². The van der Waals surface area contributed by atoms with Crippen molar-refractivity contribution in [2.75, 3.05) is 26.3 Å². The fourth-order valence-corrected chi connectivity index (χ4v) is 5.22. The second-order valence-corrected chi connectivity index (χ2v) is 10.4. The maximum atomic E-state index is 14.8. The van der Waals surface area contributed by atoms with Gasteiger partial charge >= 0.3 is 5.97 Å². The molecule has 8 heteroatoms. The molecule has 4 rings (SSSR count). The molecule has 1 aromatic carbocycles. The summed E-state index contributed by atoms with van der Waals surface area (Å²) < 4.78 is 39.4. The zero-order valence-corrected chi connectivity index (χ0v) is 20.4. The molecule has 184 valence electrons. The minimum atomic E-state index is -1.01. The van der Waals surface area contributed by atoms with Crippen molar-refractivity contribution in [1.82, 2.24) is 9.88 Å². The second kappa shape index (κ2) is 8.66. The number of esters is 1. The summed E-state index contributed by atoms with van der Waals surface area (Å²) in [6.07, 6.45) is 1.03. The third-order valence-corrected chi connectivity index (χ3v) is 6.80. The first-order valence-corrected chi connectivity index (χ1v) is 11.6. The number of ether oxygens (including phenoxy) is 2. The number of nitrogens with zero attached hydrogens (tertiary/aromatic N) is 2. The molecule has 3 heterocycles. The van der Waals surface area contributed by atoms with Crippen LogP contribution in [0.4, 0.5) is 8.78 Å². The fraction of sp³-hybridized carbons (Fsp3) is 0.538. The highest BCUT2D eigenvalue weighted by Crippen LogP contribution is 2.42. The van der Waals surface area contributed by atoms with Crippen LogP contribution in [0, 0.1) is 11.6 Å². The molecule has 1 fully saturated rings. The molecule has 34 heavy (non-hydrogen) atoms. The number of β-amino-alcohol motifs (C(OH)–C–C–N with tert-alkyl or cyclic N) is 1. The smallest absolute Gasteiger partial charge is 0.356 e. The quantitative estimate of drug-likeness (QED) is 0.654. The van der Waals surface area contributed by atoms with Crippen LogP contribution in [0.15, 0.2) is 24.3 Å². The number of hydrogen-bond donors (Lipinski definition) is 1. The van der Waals surface area contributed by atoms with E-state index in [0.29, 0.717) is 37.2 Å². The molecular formula is C26H32F2N2O4. The summed E-state index contributed by atoms with van der Waals surface area (Å²) in [7, 11) is 0. The van der Waals surface area contributed by atoms with Gasteiger partial charge in [0.15, 0.2) is 0 Å². The first-order chi connectivity index (χ1) is 15.8. The van der Waals surface area contributed by atoms with Crippen molar-refractivity contribution in [3.05, 3.63) is 52.9 Å². The molecule has 2 aliphatic rings. The molecule has 0 spiro atoms. The van der Waals surface area contributed by atoms with Crippen molar-refractivity contribution in [3.63, 3.8) is 0 Å². The Morgan fingerprint density at radius 2 is 1.94 bits per heavy atom. The van der Waals surface area contributed by atoms with Gasteiger partial charge < -0.3 is 14.6 Å². The predicted octanol–water partition coefficient (Wildman–Crippen LogP) is 4.23. The van der Waals surface area contributed by atoms with Crippen LogP contribution in [0.1, 0.15) is 62.8 Å². The Balaban J connectivity index is 1.80. The van der Waals surface area contributed by atoms with Crippen LogP contribution in [-0.2, 0) is 21.4 Å². The van der Waals surface area contributed by atoms with Crippen molar-refractivity contribution in [2.45, 2.75) is 64.2 Å². The van der Waals surface area contributed by atoms with Crippen molar-refractivity contribution in [2.24, 2.45) is 0 Å². The first kappa shape index (κ1) is 24.7. The van der Waals surface area contributed by atoms with Crippen LogP contribution in [0.5, 0.6) is 0 Å². The molecule has 0 saturated carbocycles. The van der Waals surface area contributed by atoms with Crippen molar-refractivity contribution < 1.29 is 28.2 Å². The van der Waals surface area contributed by atoms with E-state index in [-0.39, 0.29) is 24.5 Å². The van der Waals surface area contributed by atoms with E-state index >= 15 is 0 Å². The second-order valence-electron chi connectivity index (χ2n) is 10.4. The number of hydrogen-bond acceptors (Lipinski definition) is 6. The summed E-state index contributed by atoms with van der Waals surface area (Å²) in [5.74, 6) is -1.98. The molecule has 1 N–H and O–H groups in total. The monoisotopic (exact) mass is 474 g/mol. The van der Waals surface area contributed by atoms with Gasteiger partial charge in [-0.3, -0.25) is 4.90 Å². The van der Waals surface area contributed by atoms with Gasteiger partial charge in [0.25, 0.3) is 0 Å². The lowest BCUT2D eigenvalue weighted by Crippen LogP contribution is -2.54. The maximum Gasteiger partial charge on any atom is 0.356 e. The molecular weight excluding hydrogens is 442 g/mol. The van der Waals surface area contributed by atoms with Gasteiger partial charge in [0, 0.05) is 31.1 Å². The average Bonchev–Trinajstić information content (AvgIpc) is 3.02. The van der Waals surface area contributed by atoms with E-state index in [1.165, 1.54) is 18.2 Å². The van der Waals surface area contributed by atoms with Crippen molar-refractivity contribution in [1.29, 1.82) is 0 Å². The molecule has 1 unspecified atom stereocenters. The predicted molar refractivity (Wildman–Crippen MR) is 123 cm³/mol. The van der Waals surface area contributed by atoms with Crippen molar-refractivity contribution in [3.8, 4) is 11.1 Å². The Kier molecular flexibility index (Phi) is 6.29. The van der Waals surface area contributed by atoms with E-state index in [4.69, 9.17) is 9.47 Å². The van der Waals surface area contributed by atoms with E-state index in [0.717, 1.165) is 11.6 Å². The molecule has 2 aliphatic heterocycles. The number of aromatic nitrogens is 1. The number of carbonyl (C=O) groups is 1. The third kappa shape index (κ3) is 4.59. The zero-order valence-electron chi connectivity index (χ0n) is 20.4. The first-order valence-electron chi connectivity index (χ1n) is 11.6. The summed E-state index contributed by atoms with van der Waals surface area (Å²) in [5.41, 5.74) is 0.0988. The van der Waals surface area contributed by atoms with Gasteiger partial charge in [0.05, 0.1) is 30.0 Å². The van der Waals surface area contributed by atoms with E-state index in [1.807, 2.05) is 27.7 Å². The molecule has 2 aromatic rings. The summed E-state index contributed by atoms with van der Waals surface area (Å²) in [6.45, 7) is 10.9. The topological polar surface area (TPSA) is 71.9 Å². The molecule has 0 radical (unpaired) electrons. The lowest BCUT2D eigenvalue weighted by molar-refractivity contribution is -0.0390. The fourth-order valence-electron chi connectivity index (χ4n) is 5.22. The number of carbonyl (C=O) groups excluding carboxylic acids is 1. The van der Waals surface area contributed by atoms with E-state index in [2.05, 4.69) is 9.88 Å². The molecule has 1 saturated heterocycles. The number of benzene rings is 1. The highest BCUT2D eigenvalue weighted by molar-refractivity contribution is 5.89. The number of halogens is 2. The van der Waals surface area contributed by atoms with Gasteiger partial charge in [-0.2, -0.15) is 0 Å². The van der Waals surface area contributed by atoms with Gasteiger partial charge in [-0.05, 0) is 70.4 Å². The van der Waals surface area contributed by atoms with E-state index in [1.54, 1.807) is 6.92 Å². The molecule has 1 atom stereocenters.